The van der Waals surface area contributed by atoms with Gasteiger partial charge in [-0.1, -0.05) is 61.3 Å². The summed E-state index contributed by atoms with van der Waals surface area (Å²) in [6, 6.07) is 14.8. The zero-order valence-electron chi connectivity index (χ0n) is 17.7. The summed E-state index contributed by atoms with van der Waals surface area (Å²) >= 11 is 12.5. The summed E-state index contributed by atoms with van der Waals surface area (Å²) in [4.78, 5) is 15.4. The SMILES string of the molecule is CC(C)C[C@@H]1N2[C@@H](C(=O)OC2(C)C)[C@H](c2cccc(Cl)c2)[C@@]1(N)c1ccc(Cl)cc1. The van der Waals surface area contributed by atoms with Crippen molar-refractivity contribution in [2.45, 2.75) is 63.4 Å². The third-order valence-electron chi connectivity index (χ3n) is 6.48. The Kier molecular flexibility index (Phi) is 5.43. The highest BCUT2D eigenvalue weighted by molar-refractivity contribution is 6.30. The summed E-state index contributed by atoms with van der Waals surface area (Å²) in [6.45, 7) is 8.24. The van der Waals surface area contributed by atoms with Crippen LogP contribution in [0.25, 0.3) is 0 Å². The molecule has 6 heteroatoms. The van der Waals surface area contributed by atoms with Gasteiger partial charge in [0.25, 0.3) is 0 Å². The first kappa shape index (κ1) is 21.6. The Morgan fingerprint density at radius 3 is 2.37 bits per heavy atom. The molecule has 30 heavy (non-hydrogen) atoms. The number of carbonyl (C=O) groups excluding carboxylic acids is 1. The van der Waals surface area contributed by atoms with Crippen molar-refractivity contribution >= 4 is 29.2 Å². The van der Waals surface area contributed by atoms with Gasteiger partial charge in [-0.05, 0) is 61.6 Å². The largest absolute Gasteiger partial charge is 0.443 e. The monoisotopic (exact) mass is 446 g/mol. The number of cyclic esters (lactones) is 1. The highest BCUT2D eigenvalue weighted by Crippen LogP contribution is 2.56. The summed E-state index contributed by atoms with van der Waals surface area (Å²) in [6.07, 6.45) is 0.826. The van der Waals surface area contributed by atoms with Crippen LogP contribution >= 0.6 is 23.2 Å². The minimum atomic E-state index is -0.819. The minimum absolute atomic E-state index is 0.103. The summed E-state index contributed by atoms with van der Waals surface area (Å²) in [5.74, 6) is -0.161. The van der Waals surface area contributed by atoms with Crippen LogP contribution in [0, 0.1) is 5.92 Å². The molecule has 0 aromatic heterocycles. The van der Waals surface area contributed by atoms with Gasteiger partial charge < -0.3 is 10.5 Å². The van der Waals surface area contributed by atoms with Crippen molar-refractivity contribution < 1.29 is 9.53 Å². The Morgan fingerprint density at radius 1 is 1.10 bits per heavy atom. The van der Waals surface area contributed by atoms with Gasteiger partial charge >= 0.3 is 5.97 Å². The average Bonchev–Trinajstić information content (AvgIpc) is 3.05. The summed E-state index contributed by atoms with van der Waals surface area (Å²) in [5.41, 5.74) is 7.72. The molecular formula is C24H28Cl2N2O2. The molecule has 4 nitrogen and oxygen atoms in total. The predicted molar refractivity (Wildman–Crippen MR) is 121 cm³/mol. The molecule has 0 amide bonds. The van der Waals surface area contributed by atoms with Gasteiger partial charge in [0.05, 0.1) is 5.54 Å². The third kappa shape index (κ3) is 3.34. The van der Waals surface area contributed by atoms with Gasteiger partial charge in [-0.25, -0.2) is 4.90 Å². The first-order chi connectivity index (χ1) is 14.1. The van der Waals surface area contributed by atoms with E-state index < -0.39 is 17.3 Å². The van der Waals surface area contributed by atoms with Crippen LogP contribution in [0.3, 0.4) is 0 Å². The van der Waals surface area contributed by atoms with Crippen LogP contribution in [0.1, 0.15) is 51.2 Å². The molecule has 2 saturated heterocycles. The van der Waals surface area contributed by atoms with Crippen LogP contribution in [0.15, 0.2) is 48.5 Å². The molecule has 4 atom stereocenters. The normalized spacial score (nSPS) is 30.5. The second-order valence-corrected chi connectivity index (χ2v) is 10.2. The van der Waals surface area contributed by atoms with Crippen molar-refractivity contribution in [3.05, 3.63) is 69.7 Å². The molecule has 0 spiro atoms. The number of fused-ring (bicyclic) bond motifs is 1. The van der Waals surface area contributed by atoms with Crippen molar-refractivity contribution in [3.63, 3.8) is 0 Å². The molecule has 0 unspecified atom stereocenters. The van der Waals surface area contributed by atoms with Gasteiger partial charge in [0.15, 0.2) is 5.72 Å². The van der Waals surface area contributed by atoms with Gasteiger partial charge in [0.1, 0.15) is 6.04 Å². The summed E-state index contributed by atoms with van der Waals surface area (Å²) < 4.78 is 5.84. The number of esters is 1. The lowest BCUT2D eigenvalue weighted by Gasteiger charge is -2.42. The molecule has 0 radical (unpaired) electrons. The zero-order chi connectivity index (χ0) is 21.8. The highest BCUT2D eigenvalue weighted by atomic mass is 35.5. The maximum atomic E-state index is 13.2. The van der Waals surface area contributed by atoms with Crippen molar-refractivity contribution in [3.8, 4) is 0 Å². The molecule has 2 fully saturated rings. The van der Waals surface area contributed by atoms with Gasteiger partial charge in [-0.3, -0.25) is 4.79 Å². The minimum Gasteiger partial charge on any atom is -0.443 e. The van der Waals surface area contributed by atoms with Crippen LogP contribution in [0.5, 0.6) is 0 Å². The van der Waals surface area contributed by atoms with E-state index in [9.17, 15) is 4.79 Å². The Balaban J connectivity index is 1.98. The molecule has 2 aromatic carbocycles. The van der Waals surface area contributed by atoms with Gasteiger partial charge in [0, 0.05) is 22.0 Å². The molecule has 0 saturated carbocycles. The lowest BCUT2D eigenvalue weighted by Crippen LogP contribution is -2.55. The van der Waals surface area contributed by atoms with E-state index >= 15 is 0 Å². The number of hydrogen-bond donors (Lipinski definition) is 1. The number of halogens is 2. The number of nitrogens with zero attached hydrogens (tertiary/aromatic N) is 1. The van der Waals surface area contributed by atoms with E-state index in [-0.39, 0.29) is 17.9 Å². The van der Waals surface area contributed by atoms with Crippen LogP contribution < -0.4 is 5.73 Å². The number of hydrogen-bond acceptors (Lipinski definition) is 4. The molecule has 2 aromatic rings. The third-order valence-corrected chi connectivity index (χ3v) is 6.96. The molecule has 2 aliphatic heterocycles. The quantitative estimate of drug-likeness (QED) is 0.645. The van der Waals surface area contributed by atoms with E-state index in [1.807, 2.05) is 62.4 Å². The molecule has 0 aliphatic carbocycles. The molecule has 2 N–H and O–H groups in total. The lowest BCUT2D eigenvalue weighted by atomic mass is 9.70. The summed E-state index contributed by atoms with van der Waals surface area (Å²) in [5, 5.41) is 1.27. The van der Waals surface area contributed by atoms with E-state index in [0.717, 1.165) is 17.5 Å². The van der Waals surface area contributed by atoms with E-state index in [4.69, 9.17) is 33.7 Å². The number of ether oxygens (including phenoxy) is 1. The van der Waals surface area contributed by atoms with Crippen molar-refractivity contribution in [2.24, 2.45) is 11.7 Å². The predicted octanol–water partition coefficient (Wildman–Crippen LogP) is 5.32. The second kappa shape index (κ2) is 7.52. The van der Waals surface area contributed by atoms with Crippen LogP contribution in [-0.2, 0) is 15.1 Å². The Labute approximate surface area is 188 Å². The number of benzene rings is 2. The second-order valence-electron chi connectivity index (χ2n) is 9.34. The number of rotatable bonds is 4. The molecule has 2 aliphatic rings. The topological polar surface area (TPSA) is 55.6 Å². The van der Waals surface area contributed by atoms with Gasteiger partial charge in [-0.15, -0.1) is 0 Å². The smallest absolute Gasteiger partial charge is 0.325 e. The number of nitrogens with two attached hydrogens (primary N) is 1. The molecular weight excluding hydrogens is 419 g/mol. The van der Waals surface area contributed by atoms with Crippen LogP contribution in [0.4, 0.5) is 0 Å². The fraction of sp³-hybridized carbons (Fsp3) is 0.458. The molecule has 2 heterocycles. The molecule has 0 bridgehead atoms. The fourth-order valence-electron chi connectivity index (χ4n) is 5.40. The van der Waals surface area contributed by atoms with Crippen molar-refractivity contribution in [1.29, 1.82) is 0 Å². The van der Waals surface area contributed by atoms with Crippen molar-refractivity contribution in [1.82, 2.24) is 4.90 Å². The first-order valence-corrected chi connectivity index (χ1v) is 11.1. The fourth-order valence-corrected chi connectivity index (χ4v) is 5.72. The Morgan fingerprint density at radius 2 is 1.77 bits per heavy atom. The maximum absolute atomic E-state index is 13.2. The number of carbonyl (C=O) groups is 1. The van der Waals surface area contributed by atoms with E-state index in [0.29, 0.717) is 16.0 Å². The first-order valence-electron chi connectivity index (χ1n) is 10.4. The van der Waals surface area contributed by atoms with E-state index in [1.54, 1.807) is 0 Å². The van der Waals surface area contributed by atoms with Gasteiger partial charge in [-0.2, -0.15) is 0 Å². The highest BCUT2D eigenvalue weighted by Gasteiger charge is 2.68. The van der Waals surface area contributed by atoms with Gasteiger partial charge in [0.2, 0.25) is 0 Å². The Bertz CT molecular complexity index is 960. The van der Waals surface area contributed by atoms with E-state index in [1.165, 1.54) is 0 Å². The Hall–Kier alpha value is -1.59. The maximum Gasteiger partial charge on any atom is 0.325 e. The average molecular weight is 447 g/mol. The van der Waals surface area contributed by atoms with E-state index in [2.05, 4.69) is 18.7 Å². The zero-order valence-corrected chi connectivity index (χ0v) is 19.2. The lowest BCUT2D eigenvalue weighted by molar-refractivity contribution is -0.152. The molecule has 4 rings (SSSR count). The van der Waals surface area contributed by atoms with Crippen LogP contribution in [-0.4, -0.2) is 28.7 Å². The summed E-state index contributed by atoms with van der Waals surface area (Å²) in [7, 11) is 0. The van der Waals surface area contributed by atoms with Crippen molar-refractivity contribution in [2.75, 3.05) is 0 Å². The van der Waals surface area contributed by atoms with Crippen LogP contribution in [0.2, 0.25) is 10.0 Å². The standard InChI is InChI=1S/C24H28Cl2N2O2/c1-14(2)12-19-24(27,16-8-10-17(25)11-9-16)20(15-6-5-7-18(26)13-15)21-22(29)30-23(3,4)28(19)21/h5-11,13-14,19-21H,12,27H2,1-4H3/t19-,20-,21+,24+/m0/s1. The molecule has 160 valence electrons.